The molecule has 2 heterocycles. The largest absolute Gasteiger partial charge is 0.340 e. The van der Waals surface area contributed by atoms with Gasteiger partial charge in [-0.1, -0.05) is 27.2 Å². The maximum Gasteiger partial charge on any atom is 0.239 e. The molecule has 0 aromatic rings. The van der Waals surface area contributed by atoms with E-state index < -0.39 is 0 Å². The fraction of sp³-hybridized carbons (Fsp3) is 0.938. The summed E-state index contributed by atoms with van der Waals surface area (Å²) in [5.41, 5.74) is 0. The summed E-state index contributed by atoms with van der Waals surface area (Å²) in [4.78, 5) is 17.2. The summed E-state index contributed by atoms with van der Waals surface area (Å²) in [6, 6.07) is 0.642. The van der Waals surface area contributed by atoms with E-state index in [1.807, 2.05) is 0 Å². The molecule has 0 aromatic carbocycles. The highest BCUT2D eigenvalue weighted by atomic mass is 16.2. The molecule has 2 aliphatic heterocycles. The third-order valence-corrected chi connectivity index (χ3v) is 5.19. The zero-order valence-electron chi connectivity index (χ0n) is 13.4. The minimum atomic E-state index is 0.0733. The number of nitrogens with one attached hydrogen (secondary N) is 1. The minimum Gasteiger partial charge on any atom is -0.340 e. The number of hydrogen-bond donors (Lipinski definition) is 1. The van der Waals surface area contributed by atoms with Gasteiger partial charge < -0.3 is 10.2 Å². The van der Waals surface area contributed by atoms with Crippen molar-refractivity contribution in [2.45, 2.75) is 58.5 Å². The minimum absolute atomic E-state index is 0.0733. The van der Waals surface area contributed by atoms with Crippen molar-refractivity contribution in [3.05, 3.63) is 0 Å². The predicted octanol–water partition coefficient (Wildman–Crippen LogP) is 1.71. The van der Waals surface area contributed by atoms with Gasteiger partial charge >= 0.3 is 0 Å². The second kappa shape index (κ2) is 7.41. The zero-order chi connectivity index (χ0) is 14.5. The van der Waals surface area contributed by atoms with E-state index in [1.54, 1.807) is 0 Å². The monoisotopic (exact) mass is 281 g/mol. The van der Waals surface area contributed by atoms with Gasteiger partial charge in [0.25, 0.3) is 0 Å². The first-order chi connectivity index (χ1) is 9.69. The molecule has 0 bridgehead atoms. The highest BCUT2D eigenvalue weighted by molar-refractivity contribution is 5.82. The summed E-state index contributed by atoms with van der Waals surface area (Å²) in [6.07, 6.45) is 4.59. The van der Waals surface area contributed by atoms with Crippen LogP contribution in [0.4, 0.5) is 0 Å². The highest BCUT2D eigenvalue weighted by Gasteiger charge is 2.34. The second-order valence-electron chi connectivity index (χ2n) is 6.25. The smallest absolute Gasteiger partial charge is 0.239 e. The van der Waals surface area contributed by atoms with E-state index in [-0.39, 0.29) is 6.04 Å². The molecule has 116 valence electrons. The molecule has 0 spiro atoms. The Morgan fingerprint density at radius 2 is 2.00 bits per heavy atom. The van der Waals surface area contributed by atoms with Gasteiger partial charge in [-0.05, 0) is 44.8 Å². The van der Waals surface area contributed by atoms with Crippen LogP contribution in [0.3, 0.4) is 0 Å². The molecule has 2 rings (SSSR count). The summed E-state index contributed by atoms with van der Waals surface area (Å²) in [5.74, 6) is 1.07. The van der Waals surface area contributed by atoms with Gasteiger partial charge in [0.15, 0.2) is 0 Å². The van der Waals surface area contributed by atoms with Crippen molar-refractivity contribution in [3.8, 4) is 0 Å². The maximum atomic E-state index is 12.7. The van der Waals surface area contributed by atoms with E-state index >= 15 is 0 Å². The van der Waals surface area contributed by atoms with Crippen molar-refractivity contribution in [2.75, 3.05) is 32.7 Å². The lowest BCUT2D eigenvalue weighted by Crippen LogP contribution is -2.50. The third-order valence-electron chi connectivity index (χ3n) is 5.19. The van der Waals surface area contributed by atoms with Crippen LogP contribution in [0.25, 0.3) is 0 Å². The van der Waals surface area contributed by atoms with Crippen molar-refractivity contribution >= 4 is 5.91 Å². The molecule has 4 heteroatoms. The van der Waals surface area contributed by atoms with Crippen LogP contribution in [0.2, 0.25) is 0 Å². The van der Waals surface area contributed by atoms with E-state index in [1.165, 1.54) is 12.8 Å². The quantitative estimate of drug-likeness (QED) is 0.833. The standard InChI is InChI=1S/C16H31N3O/c1-4-13-7-9-17-15(11-13)16(20)19-10-8-14(12-19)18(5-2)6-3/h13-15,17H,4-12H2,1-3H3. The lowest BCUT2D eigenvalue weighted by Gasteiger charge is -2.32. The van der Waals surface area contributed by atoms with E-state index in [0.717, 1.165) is 51.5 Å². The van der Waals surface area contributed by atoms with Gasteiger partial charge in [-0.2, -0.15) is 0 Å². The molecule has 3 unspecified atom stereocenters. The Kier molecular flexibility index (Phi) is 5.85. The van der Waals surface area contributed by atoms with Crippen LogP contribution < -0.4 is 5.32 Å². The highest BCUT2D eigenvalue weighted by Crippen LogP contribution is 2.23. The summed E-state index contributed by atoms with van der Waals surface area (Å²) < 4.78 is 0. The number of hydrogen-bond acceptors (Lipinski definition) is 3. The number of likely N-dealkylation sites (tertiary alicyclic amines) is 1. The second-order valence-corrected chi connectivity index (χ2v) is 6.25. The van der Waals surface area contributed by atoms with Gasteiger partial charge in [0.2, 0.25) is 5.91 Å². The van der Waals surface area contributed by atoms with E-state index in [2.05, 4.69) is 35.9 Å². The molecule has 2 aliphatic rings. The van der Waals surface area contributed by atoms with Crippen LogP contribution in [-0.2, 0) is 4.79 Å². The molecule has 2 fully saturated rings. The van der Waals surface area contributed by atoms with Crippen LogP contribution in [0.1, 0.15) is 46.5 Å². The first kappa shape index (κ1) is 15.8. The van der Waals surface area contributed by atoms with Crippen LogP contribution in [0, 0.1) is 5.92 Å². The molecular formula is C16H31N3O. The van der Waals surface area contributed by atoms with Gasteiger partial charge in [-0.25, -0.2) is 0 Å². The fourth-order valence-corrected chi connectivity index (χ4v) is 3.76. The zero-order valence-corrected chi connectivity index (χ0v) is 13.4. The Bertz CT molecular complexity index is 317. The number of carbonyl (C=O) groups excluding carboxylic acids is 1. The van der Waals surface area contributed by atoms with Gasteiger partial charge in [0.05, 0.1) is 6.04 Å². The molecule has 4 nitrogen and oxygen atoms in total. The molecular weight excluding hydrogens is 250 g/mol. The molecule has 0 radical (unpaired) electrons. The number of nitrogens with zero attached hydrogens (tertiary/aromatic N) is 2. The number of amides is 1. The summed E-state index contributed by atoms with van der Waals surface area (Å²) in [6.45, 7) is 11.7. The number of likely N-dealkylation sites (N-methyl/N-ethyl adjacent to an activating group) is 1. The molecule has 1 amide bonds. The topological polar surface area (TPSA) is 35.6 Å². The first-order valence-corrected chi connectivity index (χ1v) is 8.45. The number of rotatable bonds is 5. The van der Waals surface area contributed by atoms with Gasteiger partial charge in [0, 0.05) is 19.1 Å². The Morgan fingerprint density at radius 3 is 2.65 bits per heavy atom. The van der Waals surface area contributed by atoms with Crippen LogP contribution in [-0.4, -0.2) is 60.5 Å². The SMILES string of the molecule is CCC1CCNC(C(=O)N2CCC(N(CC)CC)C2)C1. The summed E-state index contributed by atoms with van der Waals surface area (Å²) in [7, 11) is 0. The Balaban J connectivity index is 1.87. The Hall–Kier alpha value is -0.610. The van der Waals surface area contributed by atoms with Crippen molar-refractivity contribution in [1.29, 1.82) is 0 Å². The fourth-order valence-electron chi connectivity index (χ4n) is 3.76. The maximum absolute atomic E-state index is 12.7. The van der Waals surface area contributed by atoms with Gasteiger partial charge in [0.1, 0.15) is 0 Å². The number of carbonyl (C=O) groups is 1. The van der Waals surface area contributed by atoms with Crippen LogP contribution in [0.15, 0.2) is 0 Å². The van der Waals surface area contributed by atoms with E-state index in [9.17, 15) is 4.79 Å². The normalized spacial score (nSPS) is 31.0. The van der Waals surface area contributed by atoms with Crippen molar-refractivity contribution in [3.63, 3.8) is 0 Å². The summed E-state index contributed by atoms with van der Waals surface area (Å²) >= 11 is 0. The first-order valence-electron chi connectivity index (χ1n) is 8.45. The van der Waals surface area contributed by atoms with Crippen molar-refractivity contribution in [2.24, 2.45) is 5.92 Å². The van der Waals surface area contributed by atoms with Gasteiger partial charge in [-0.15, -0.1) is 0 Å². The molecule has 2 saturated heterocycles. The van der Waals surface area contributed by atoms with E-state index in [0.29, 0.717) is 11.9 Å². The lowest BCUT2D eigenvalue weighted by atomic mass is 9.90. The van der Waals surface area contributed by atoms with E-state index in [4.69, 9.17) is 0 Å². The summed E-state index contributed by atoms with van der Waals surface area (Å²) in [5, 5.41) is 3.43. The molecule has 1 N–H and O–H groups in total. The van der Waals surface area contributed by atoms with Crippen LogP contribution in [0.5, 0.6) is 0 Å². The lowest BCUT2D eigenvalue weighted by molar-refractivity contribution is -0.133. The molecule has 20 heavy (non-hydrogen) atoms. The van der Waals surface area contributed by atoms with Gasteiger partial charge in [-0.3, -0.25) is 9.69 Å². The third kappa shape index (κ3) is 3.53. The Labute approximate surface area is 123 Å². The predicted molar refractivity (Wildman–Crippen MR) is 82.7 cm³/mol. The average molecular weight is 281 g/mol. The molecule has 0 aliphatic carbocycles. The van der Waals surface area contributed by atoms with Crippen molar-refractivity contribution < 1.29 is 4.79 Å². The molecule has 0 aromatic heterocycles. The average Bonchev–Trinajstić information content (AvgIpc) is 2.97. The number of piperidine rings is 1. The molecule has 3 atom stereocenters. The van der Waals surface area contributed by atoms with Crippen molar-refractivity contribution in [1.82, 2.24) is 15.1 Å². The molecule has 0 saturated carbocycles. The van der Waals surface area contributed by atoms with Crippen LogP contribution >= 0.6 is 0 Å². The Morgan fingerprint density at radius 1 is 1.25 bits per heavy atom.